The first-order valence-electron chi connectivity index (χ1n) is 12.3. The van der Waals surface area contributed by atoms with Crippen LogP contribution in [0.25, 0.3) is 5.65 Å². The number of aliphatic hydroxyl groups excluding tert-OH is 1. The quantitative estimate of drug-likeness (QED) is 0.352. The number of aromatic nitrogens is 4. The predicted octanol–water partition coefficient (Wildman–Crippen LogP) is 4.40. The van der Waals surface area contributed by atoms with Gasteiger partial charge in [0.05, 0.1) is 18.8 Å². The van der Waals surface area contributed by atoms with Gasteiger partial charge in [-0.25, -0.2) is 15.0 Å². The lowest BCUT2D eigenvalue weighted by atomic mass is 10.1. The summed E-state index contributed by atoms with van der Waals surface area (Å²) in [6.45, 7) is 0.824. The van der Waals surface area contributed by atoms with Crippen LogP contribution in [0.5, 0.6) is 0 Å². The molecule has 0 spiro atoms. The molecular formula is C27H27ClN6O2. The fourth-order valence-electron chi connectivity index (χ4n) is 4.78. The molecule has 1 amide bonds. The SMILES string of the molecule is O=C(Nc1cc(N(CCO)Cc2cn3cc(C4CC4)ccc3n2)ncn1)[C@H]1C[C@@H]1c1cccc(Cl)c1. The van der Waals surface area contributed by atoms with E-state index < -0.39 is 0 Å². The molecule has 184 valence electrons. The third-order valence-electron chi connectivity index (χ3n) is 6.93. The zero-order valence-electron chi connectivity index (χ0n) is 19.7. The molecule has 2 N–H and O–H groups in total. The number of benzene rings is 1. The van der Waals surface area contributed by atoms with E-state index in [0.29, 0.717) is 35.7 Å². The fourth-order valence-corrected chi connectivity index (χ4v) is 4.98. The molecule has 3 heterocycles. The number of rotatable bonds is 9. The molecule has 3 aromatic heterocycles. The van der Waals surface area contributed by atoms with E-state index >= 15 is 0 Å². The second-order valence-corrected chi connectivity index (χ2v) is 10.1. The van der Waals surface area contributed by atoms with E-state index in [1.165, 1.54) is 24.7 Å². The van der Waals surface area contributed by atoms with Crippen molar-refractivity contribution < 1.29 is 9.90 Å². The Labute approximate surface area is 214 Å². The van der Waals surface area contributed by atoms with Gasteiger partial charge in [0.15, 0.2) is 0 Å². The van der Waals surface area contributed by atoms with E-state index in [0.717, 1.165) is 23.3 Å². The van der Waals surface area contributed by atoms with Crippen LogP contribution in [0.1, 0.15) is 47.9 Å². The molecule has 2 aliphatic rings. The minimum Gasteiger partial charge on any atom is -0.395 e. The number of hydrogen-bond donors (Lipinski definition) is 2. The van der Waals surface area contributed by atoms with Crippen LogP contribution in [0.2, 0.25) is 5.02 Å². The van der Waals surface area contributed by atoms with E-state index in [9.17, 15) is 9.90 Å². The highest BCUT2D eigenvalue weighted by atomic mass is 35.5. The van der Waals surface area contributed by atoms with Gasteiger partial charge in [0.2, 0.25) is 5.91 Å². The first kappa shape index (κ1) is 22.9. The van der Waals surface area contributed by atoms with Crippen LogP contribution in [-0.4, -0.2) is 43.5 Å². The van der Waals surface area contributed by atoms with Crippen molar-refractivity contribution >= 4 is 34.8 Å². The Kier molecular flexibility index (Phi) is 6.07. The number of halogens is 1. The fraction of sp³-hybridized carbons (Fsp3) is 0.333. The van der Waals surface area contributed by atoms with Gasteiger partial charge in [0, 0.05) is 35.9 Å². The highest BCUT2D eigenvalue weighted by Crippen LogP contribution is 2.48. The second-order valence-electron chi connectivity index (χ2n) is 9.63. The number of carbonyl (C=O) groups is 1. The zero-order chi connectivity index (χ0) is 24.6. The number of imidazole rings is 1. The third-order valence-corrected chi connectivity index (χ3v) is 7.16. The monoisotopic (exact) mass is 502 g/mol. The molecule has 0 saturated heterocycles. The summed E-state index contributed by atoms with van der Waals surface area (Å²) in [5.41, 5.74) is 4.20. The van der Waals surface area contributed by atoms with Crippen molar-refractivity contribution in [2.75, 3.05) is 23.4 Å². The van der Waals surface area contributed by atoms with Crippen LogP contribution >= 0.6 is 11.6 Å². The molecule has 9 heteroatoms. The second kappa shape index (κ2) is 9.52. The molecular weight excluding hydrogens is 476 g/mol. The first-order valence-corrected chi connectivity index (χ1v) is 12.7. The summed E-state index contributed by atoms with van der Waals surface area (Å²) in [6.07, 6.45) is 8.92. The number of hydrogen-bond acceptors (Lipinski definition) is 6. The van der Waals surface area contributed by atoms with Crippen molar-refractivity contribution in [3.63, 3.8) is 0 Å². The van der Waals surface area contributed by atoms with Gasteiger partial charge in [-0.1, -0.05) is 29.8 Å². The van der Waals surface area contributed by atoms with Crippen LogP contribution < -0.4 is 10.2 Å². The lowest BCUT2D eigenvalue weighted by Crippen LogP contribution is -2.27. The Hall–Kier alpha value is -3.49. The standard InChI is InChI=1S/C27H27ClN6O2/c28-20-3-1-2-18(10-20)22-11-23(22)27(36)32-24-12-26(30-16-29-24)33(8-9-35)14-21-15-34-13-19(17-4-5-17)6-7-25(34)31-21/h1-3,6-7,10,12-13,15-17,22-23,35H,4-5,8-9,11,14H2,(H,29,30,32,36)/t22-,23+/m1/s1. The summed E-state index contributed by atoms with van der Waals surface area (Å²) in [4.78, 5) is 28.2. The van der Waals surface area contributed by atoms with Gasteiger partial charge in [-0.2, -0.15) is 0 Å². The molecule has 2 atom stereocenters. The summed E-state index contributed by atoms with van der Waals surface area (Å²) in [5, 5.41) is 13.3. The van der Waals surface area contributed by atoms with Gasteiger partial charge >= 0.3 is 0 Å². The van der Waals surface area contributed by atoms with Crippen molar-refractivity contribution in [1.29, 1.82) is 0 Å². The van der Waals surface area contributed by atoms with Crippen molar-refractivity contribution in [2.24, 2.45) is 5.92 Å². The van der Waals surface area contributed by atoms with Crippen molar-refractivity contribution in [3.8, 4) is 0 Å². The number of anilines is 2. The van der Waals surface area contributed by atoms with Gasteiger partial charge in [0.25, 0.3) is 0 Å². The molecule has 36 heavy (non-hydrogen) atoms. The summed E-state index contributed by atoms with van der Waals surface area (Å²) in [7, 11) is 0. The van der Waals surface area contributed by atoms with E-state index in [-0.39, 0.29) is 24.3 Å². The van der Waals surface area contributed by atoms with E-state index in [1.54, 1.807) is 6.07 Å². The highest BCUT2D eigenvalue weighted by molar-refractivity contribution is 6.30. The van der Waals surface area contributed by atoms with Crippen LogP contribution in [0.15, 0.2) is 61.2 Å². The van der Waals surface area contributed by atoms with E-state index in [4.69, 9.17) is 16.6 Å². The number of aliphatic hydroxyl groups is 1. The van der Waals surface area contributed by atoms with Crippen LogP contribution in [-0.2, 0) is 11.3 Å². The number of nitrogens with zero attached hydrogens (tertiary/aromatic N) is 5. The third kappa shape index (κ3) is 4.92. The van der Waals surface area contributed by atoms with Crippen molar-refractivity contribution in [3.05, 3.63) is 83.0 Å². The number of fused-ring (bicyclic) bond motifs is 1. The molecule has 2 fully saturated rings. The lowest BCUT2D eigenvalue weighted by molar-refractivity contribution is -0.117. The maximum atomic E-state index is 12.8. The molecule has 4 aromatic rings. The van der Waals surface area contributed by atoms with Gasteiger partial charge in [-0.05, 0) is 60.4 Å². The molecule has 8 nitrogen and oxygen atoms in total. The van der Waals surface area contributed by atoms with Gasteiger partial charge < -0.3 is 19.7 Å². The van der Waals surface area contributed by atoms with Gasteiger partial charge in [-0.3, -0.25) is 4.79 Å². The summed E-state index contributed by atoms with van der Waals surface area (Å²) in [6, 6.07) is 13.6. The maximum absolute atomic E-state index is 12.8. The topological polar surface area (TPSA) is 95.7 Å². The number of amides is 1. The molecule has 2 aliphatic carbocycles. The van der Waals surface area contributed by atoms with Crippen LogP contribution in [0.4, 0.5) is 11.6 Å². The minimum atomic E-state index is -0.103. The summed E-state index contributed by atoms with van der Waals surface area (Å²) in [5.74, 6) is 1.74. The minimum absolute atomic E-state index is 0.0334. The molecule has 0 radical (unpaired) electrons. The Bertz CT molecular complexity index is 1420. The van der Waals surface area contributed by atoms with E-state index in [1.807, 2.05) is 35.4 Å². The van der Waals surface area contributed by atoms with E-state index in [2.05, 4.69) is 38.0 Å². The van der Waals surface area contributed by atoms with Gasteiger partial charge in [-0.15, -0.1) is 0 Å². The lowest BCUT2D eigenvalue weighted by Gasteiger charge is -2.22. The predicted molar refractivity (Wildman–Crippen MR) is 138 cm³/mol. The Morgan fingerprint density at radius 3 is 2.83 bits per heavy atom. The smallest absolute Gasteiger partial charge is 0.229 e. The van der Waals surface area contributed by atoms with Crippen molar-refractivity contribution in [1.82, 2.24) is 19.4 Å². The molecule has 6 rings (SSSR count). The molecule has 0 bridgehead atoms. The van der Waals surface area contributed by atoms with Crippen LogP contribution in [0.3, 0.4) is 0 Å². The first-order chi connectivity index (χ1) is 17.6. The molecule has 2 saturated carbocycles. The molecule has 1 aromatic carbocycles. The summed E-state index contributed by atoms with van der Waals surface area (Å²) < 4.78 is 2.07. The van der Waals surface area contributed by atoms with Gasteiger partial charge in [0.1, 0.15) is 23.6 Å². The Morgan fingerprint density at radius 2 is 2.03 bits per heavy atom. The number of carbonyl (C=O) groups excluding carboxylic acids is 1. The Balaban J connectivity index is 1.15. The number of nitrogens with one attached hydrogen (secondary N) is 1. The average molecular weight is 503 g/mol. The maximum Gasteiger partial charge on any atom is 0.229 e. The number of pyridine rings is 1. The molecule has 0 unspecified atom stereocenters. The summed E-state index contributed by atoms with van der Waals surface area (Å²) >= 11 is 6.10. The Morgan fingerprint density at radius 1 is 1.14 bits per heavy atom. The normalized spacial score (nSPS) is 18.8. The largest absolute Gasteiger partial charge is 0.395 e. The van der Waals surface area contributed by atoms with Crippen LogP contribution in [0, 0.1) is 5.92 Å². The molecule has 0 aliphatic heterocycles. The average Bonchev–Trinajstić information content (AvgIpc) is 3.80. The zero-order valence-corrected chi connectivity index (χ0v) is 20.5. The van der Waals surface area contributed by atoms with Crippen molar-refractivity contribution in [2.45, 2.75) is 37.6 Å². The highest BCUT2D eigenvalue weighted by Gasteiger charge is 2.44.